The average molecular weight is 185 g/mol. The van der Waals surface area contributed by atoms with E-state index >= 15 is 0 Å². The van der Waals surface area contributed by atoms with E-state index in [2.05, 4.69) is 4.84 Å². The number of rotatable bonds is 2. The summed E-state index contributed by atoms with van der Waals surface area (Å²) < 4.78 is 0. The Kier molecular flexibility index (Phi) is 6.62. The Labute approximate surface area is 77.0 Å². The lowest BCUT2D eigenvalue weighted by Crippen LogP contribution is -2.11. The molecule has 0 spiro atoms. The molecule has 0 aliphatic rings. The Morgan fingerprint density at radius 1 is 1.15 bits per heavy atom. The summed E-state index contributed by atoms with van der Waals surface area (Å²) in [5, 5.41) is 8.91. The van der Waals surface area contributed by atoms with Gasteiger partial charge >= 0.3 is 0 Å². The van der Waals surface area contributed by atoms with Crippen LogP contribution >= 0.6 is 0 Å². The van der Waals surface area contributed by atoms with Crippen molar-refractivity contribution in [3.8, 4) is 11.5 Å². The van der Waals surface area contributed by atoms with Gasteiger partial charge in [0.25, 0.3) is 0 Å². The molecule has 0 fully saturated rings. The van der Waals surface area contributed by atoms with E-state index < -0.39 is 0 Å². The van der Waals surface area contributed by atoms with Crippen molar-refractivity contribution in [2.45, 2.75) is 0 Å². The molecule has 0 atom stereocenters. The topological polar surface area (TPSA) is 108 Å². The van der Waals surface area contributed by atoms with Crippen molar-refractivity contribution >= 4 is 0 Å². The van der Waals surface area contributed by atoms with Gasteiger partial charge in [-0.3, -0.25) is 0 Å². The van der Waals surface area contributed by atoms with Gasteiger partial charge in [-0.1, -0.05) is 12.1 Å². The minimum atomic E-state index is 0.0556. The summed E-state index contributed by atoms with van der Waals surface area (Å²) in [6.45, 7) is 1.19. The fourth-order valence-corrected chi connectivity index (χ4v) is 0.557. The van der Waals surface area contributed by atoms with Crippen molar-refractivity contribution in [3.63, 3.8) is 0 Å². The largest absolute Gasteiger partial charge is 0.504 e. The Bertz CT molecular complexity index is 228. The second-order valence-electron chi connectivity index (χ2n) is 2.16. The van der Waals surface area contributed by atoms with Crippen LogP contribution in [0.3, 0.4) is 0 Å². The molecule has 5 heteroatoms. The summed E-state index contributed by atoms with van der Waals surface area (Å²) in [7, 11) is 0. The number of hydrogen-bond donors (Lipinski definition) is 4. The number of hydrogen-bond acceptors (Lipinski definition) is 5. The van der Waals surface area contributed by atoms with E-state index in [1.807, 2.05) is 0 Å². The number of aromatic hydroxyl groups is 1. The number of para-hydroxylation sites is 2. The predicted molar refractivity (Wildman–Crippen MR) is 51.0 cm³/mol. The SMILES string of the molecule is NCCN.NOc1ccccc1O. The maximum atomic E-state index is 8.91. The lowest BCUT2D eigenvalue weighted by atomic mass is 10.3. The molecule has 0 saturated heterocycles. The average Bonchev–Trinajstić information content (AvgIpc) is 2.19. The molecule has 0 saturated carbocycles. The molecule has 0 aliphatic carbocycles. The standard InChI is InChI=1S/C6H7NO2.C2H8N2/c7-9-6-4-2-1-3-5(6)8;3-1-2-4/h1-4,8H,7H2;1-4H2. The molecular weight excluding hydrogens is 170 g/mol. The smallest absolute Gasteiger partial charge is 0.188 e. The molecule has 0 unspecified atom stereocenters. The van der Waals surface area contributed by atoms with Crippen LogP contribution < -0.4 is 22.2 Å². The van der Waals surface area contributed by atoms with Gasteiger partial charge in [-0.05, 0) is 12.1 Å². The van der Waals surface area contributed by atoms with Crippen LogP contribution in [0.25, 0.3) is 0 Å². The zero-order valence-corrected chi connectivity index (χ0v) is 7.31. The van der Waals surface area contributed by atoms with Gasteiger partial charge in [-0.2, -0.15) is 5.90 Å². The van der Waals surface area contributed by atoms with Crippen molar-refractivity contribution in [2.75, 3.05) is 13.1 Å². The van der Waals surface area contributed by atoms with Crippen molar-refractivity contribution in [1.82, 2.24) is 0 Å². The first-order valence-electron chi connectivity index (χ1n) is 3.81. The Balaban J connectivity index is 0.000000310. The normalized spacial score (nSPS) is 8.54. The molecule has 7 N–H and O–H groups in total. The van der Waals surface area contributed by atoms with E-state index in [9.17, 15) is 0 Å². The Morgan fingerprint density at radius 2 is 1.69 bits per heavy atom. The van der Waals surface area contributed by atoms with Crippen LogP contribution in [0.15, 0.2) is 24.3 Å². The molecule has 1 aromatic rings. The van der Waals surface area contributed by atoms with Gasteiger partial charge in [0.05, 0.1) is 0 Å². The zero-order chi connectivity index (χ0) is 10.1. The van der Waals surface area contributed by atoms with Gasteiger partial charge in [0.1, 0.15) is 0 Å². The van der Waals surface area contributed by atoms with Crippen LogP contribution in [-0.4, -0.2) is 18.2 Å². The molecule has 0 radical (unpaired) electrons. The first-order chi connectivity index (χ1) is 6.26. The van der Waals surface area contributed by atoms with E-state index in [-0.39, 0.29) is 11.5 Å². The van der Waals surface area contributed by atoms with Gasteiger partial charge in [-0.25, -0.2) is 0 Å². The molecule has 0 amide bonds. The highest BCUT2D eigenvalue weighted by molar-refractivity contribution is 5.37. The first kappa shape index (κ1) is 11.7. The second-order valence-corrected chi connectivity index (χ2v) is 2.16. The van der Waals surface area contributed by atoms with Crippen molar-refractivity contribution in [2.24, 2.45) is 17.4 Å². The highest BCUT2D eigenvalue weighted by Gasteiger charge is 1.95. The van der Waals surface area contributed by atoms with Gasteiger partial charge in [0.2, 0.25) is 0 Å². The molecule has 0 bridgehead atoms. The lowest BCUT2D eigenvalue weighted by Gasteiger charge is -1.98. The summed E-state index contributed by atoms with van der Waals surface area (Å²) in [6.07, 6.45) is 0. The highest BCUT2D eigenvalue weighted by Crippen LogP contribution is 2.22. The van der Waals surface area contributed by atoms with Gasteiger partial charge in [0.15, 0.2) is 11.5 Å². The van der Waals surface area contributed by atoms with Crippen molar-refractivity contribution < 1.29 is 9.94 Å². The number of nitrogens with two attached hydrogens (primary N) is 3. The lowest BCUT2D eigenvalue weighted by molar-refractivity contribution is 0.313. The van der Waals surface area contributed by atoms with Crippen LogP contribution in [0.4, 0.5) is 0 Å². The number of phenols is 1. The van der Waals surface area contributed by atoms with Crippen LogP contribution in [0, 0.1) is 0 Å². The Morgan fingerprint density at radius 3 is 2.00 bits per heavy atom. The van der Waals surface area contributed by atoms with Crippen LogP contribution in [0.5, 0.6) is 11.5 Å². The third-order valence-corrected chi connectivity index (χ3v) is 1.16. The third-order valence-electron chi connectivity index (χ3n) is 1.16. The van der Waals surface area contributed by atoms with Crippen LogP contribution in [0.1, 0.15) is 0 Å². The summed E-state index contributed by atoms with van der Waals surface area (Å²) in [6, 6.07) is 6.50. The Hall–Kier alpha value is -1.30. The number of phenolic OH excluding ortho intramolecular Hbond substituents is 1. The van der Waals surface area contributed by atoms with Crippen LogP contribution in [0.2, 0.25) is 0 Å². The van der Waals surface area contributed by atoms with Crippen molar-refractivity contribution in [1.29, 1.82) is 0 Å². The highest BCUT2D eigenvalue weighted by atomic mass is 16.6. The minimum Gasteiger partial charge on any atom is -0.504 e. The molecule has 13 heavy (non-hydrogen) atoms. The van der Waals surface area contributed by atoms with Gasteiger partial charge < -0.3 is 21.4 Å². The second kappa shape index (κ2) is 7.35. The molecule has 0 aliphatic heterocycles. The van der Waals surface area contributed by atoms with Gasteiger partial charge in [-0.15, -0.1) is 0 Å². The number of benzene rings is 1. The third kappa shape index (κ3) is 5.02. The van der Waals surface area contributed by atoms with E-state index in [0.29, 0.717) is 13.1 Å². The summed E-state index contributed by atoms with van der Waals surface area (Å²) in [5.41, 5.74) is 9.81. The van der Waals surface area contributed by atoms with Crippen LogP contribution in [-0.2, 0) is 0 Å². The summed E-state index contributed by atoms with van der Waals surface area (Å²) >= 11 is 0. The van der Waals surface area contributed by atoms with E-state index in [1.54, 1.807) is 18.2 Å². The fraction of sp³-hybridized carbons (Fsp3) is 0.250. The molecule has 74 valence electrons. The zero-order valence-electron chi connectivity index (χ0n) is 7.31. The quantitative estimate of drug-likeness (QED) is 0.467. The van der Waals surface area contributed by atoms with E-state index in [1.165, 1.54) is 6.07 Å². The maximum absolute atomic E-state index is 8.91. The molecular formula is C8H15N3O2. The maximum Gasteiger partial charge on any atom is 0.188 e. The first-order valence-corrected chi connectivity index (χ1v) is 3.81. The molecule has 0 aromatic heterocycles. The molecule has 0 heterocycles. The monoisotopic (exact) mass is 185 g/mol. The fourth-order valence-electron chi connectivity index (χ4n) is 0.557. The predicted octanol–water partition coefficient (Wildman–Crippen LogP) is -0.451. The van der Waals surface area contributed by atoms with Gasteiger partial charge in [0, 0.05) is 13.1 Å². The molecule has 5 nitrogen and oxygen atoms in total. The van der Waals surface area contributed by atoms with E-state index in [0.717, 1.165) is 0 Å². The summed E-state index contributed by atoms with van der Waals surface area (Å²) in [4.78, 5) is 4.29. The summed E-state index contributed by atoms with van der Waals surface area (Å²) in [5.74, 6) is 5.14. The minimum absolute atomic E-state index is 0.0556. The molecule has 1 rings (SSSR count). The van der Waals surface area contributed by atoms with E-state index in [4.69, 9.17) is 22.5 Å². The van der Waals surface area contributed by atoms with Crippen molar-refractivity contribution in [3.05, 3.63) is 24.3 Å². The molecule has 1 aromatic carbocycles.